The van der Waals surface area contributed by atoms with Crippen LogP contribution in [0.2, 0.25) is 0 Å². The number of rotatable bonds is 4. The molecule has 2 aliphatic rings. The van der Waals surface area contributed by atoms with Gasteiger partial charge in [-0.2, -0.15) is 4.98 Å². The second-order valence-corrected chi connectivity index (χ2v) is 6.95. The van der Waals surface area contributed by atoms with Crippen molar-refractivity contribution in [3.8, 4) is 11.4 Å². The van der Waals surface area contributed by atoms with E-state index >= 15 is 0 Å². The lowest BCUT2D eigenvalue weighted by atomic mass is 9.57. The third kappa shape index (κ3) is 2.01. The third-order valence-electron chi connectivity index (χ3n) is 5.15. The second kappa shape index (κ2) is 4.93. The molecule has 0 amide bonds. The van der Waals surface area contributed by atoms with Gasteiger partial charge in [-0.25, -0.2) is 0 Å². The number of aromatic nitrogens is 2. The summed E-state index contributed by atoms with van der Waals surface area (Å²) in [5.41, 5.74) is 1.01. The number of nitrogens with zero attached hydrogens (tertiary/aromatic N) is 3. The van der Waals surface area contributed by atoms with Gasteiger partial charge in [0.15, 0.2) is 0 Å². The van der Waals surface area contributed by atoms with Crippen LogP contribution in [0.3, 0.4) is 0 Å². The Bertz CT molecular complexity index is 649. The van der Waals surface area contributed by atoms with Gasteiger partial charge in [-0.05, 0) is 19.5 Å². The highest BCUT2D eigenvalue weighted by atomic mass is 16.5. The molecule has 0 spiro atoms. The first-order chi connectivity index (χ1) is 10.6. The molecular formula is C16H21N3O3. The minimum absolute atomic E-state index is 0.170. The average molecular weight is 303 g/mol. The van der Waals surface area contributed by atoms with E-state index in [1.807, 2.05) is 6.07 Å². The fraction of sp³-hybridized carbons (Fsp3) is 0.625. The largest absolute Gasteiger partial charge is 0.472 e. The molecule has 4 rings (SSSR count). The Balaban J connectivity index is 1.47. The van der Waals surface area contributed by atoms with Gasteiger partial charge in [-0.15, -0.1) is 0 Å². The first kappa shape index (κ1) is 14.0. The molecule has 0 unspecified atom stereocenters. The molecule has 1 saturated heterocycles. The standard InChI is InChI=1S/C16H21N3O3/c1-16(2)13(11-5-7-21-14(11)16)19(3)8-12-17-15(18-22-12)10-4-6-20-9-10/h4,6,9,11,13-14H,5,7-8H2,1-3H3/t11-,13+,14-/m0/s1. The summed E-state index contributed by atoms with van der Waals surface area (Å²) in [6, 6.07) is 2.32. The summed E-state index contributed by atoms with van der Waals surface area (Å²) in [5.74, 6) is 1.83. The van der Waals surface area contributed by atoms with E-state index in [4.69, 9.17) is 13.7 Å². The van der Waals surface area contributed by atoms with Crippen molar-refractivity contribution in [2.45, 2.75) is 39.0 Å². The molecule has 1 aliphatic carbocycles. The van der Waals surface area contributed by atoms with E-state index in [1.54, 1.807) is 12.5 Å². The highest BCUT2D eigenvalue weighted by Gasteiger charge is 2.60. The zero-order valence-corrected chi connectivity index (χ0v) is 13.2. The Labute approximate surface area is 129 Å². The van der Waals surface area contributed by atoms with Gasteiger partial charge < -0.3 is 13.7 Å². The number of furan rings is 1. The van der Waals surface area contributed by atoms with Crippen LogP contribution in [0.1, 0.15) is 26.2 Å². The molecule has 6 nitrogen and oxygen atoms in total. The maximum absolute atomic E-state index is 5.86. The Morgan fingerprint density at radius 1 is 1.41 bits per heavy atom. The molecule has 6 heteroatoms. The quantitative estimate of drug-likeness (QED) is 0.865. The van der Waals surface area contributed by atoms with E-state index in [2.05, 4.69) is 35.9 Å². The highest BCUT2D eigenvalue weighted by molar-refractivity contribution is 5.51. The average Bonchev–Trinajstić information content (AvgIpc) is 3.17. The molecule has 22 heavy (non-hydrogen) atoms. The monoisotopic (exact) mass is 303 g/mol. The van der Waals surface area contributed by atoms with Crippen LogP contribution >= 0.6 is 0 Å². The van der Waals surface area contributed by atoms with Crippen molar-refractivity contribution in [2.75, 3.05) is 13.7 Å². The van der Waals surface area contributed by atoms with Crippen LogP contribution in [0.5, 0.6) is 0 Å². The Morgan fingerprint density at radius 2 is 2.27 bits per heavy atom. The van der Waals surface area contributed by atoms with E-state index in [0.717, 1.165) is 18.6 Å². The van der Waals surface area contributed by atoms with E-state index in [1.165, 1.54) is 0 Å². The Morgan fingerprint density at radius 3 is 3.05 bits per heavy atom. The van der Waals surface area contributed by atoms with E-state index < -0.39 is 0 Å². The molecule has 2 fully saturated rings. The molecule has 3 atom stereocenters. The SMILES string of the molecule is CN(Cc1nc(-c2ccoc2)no1)[C@@H]1[C@@H]2CCO[C@@H]2C1(C)C. The molecule has 3 heterocycles. The van der Waals surface area contributed by atoms with Crippen LogP contribution in [0, 0.1) is 11.3 Å². The van der Waals surface area contributed by atoms with Gasteiger partial charge in [0, 0.05) is 24.0 Å². The van der Waals surface area contributed by atoms with Gasteiger partial charge in [0.2, 0.25) is 11.7 Å². The molecule has 1 aliphatic heterocycles. The summed E-state index contributed by atoms with van der Waals surface area (Å²) >= 11 is 0. The van der Waals surface area contributed by atoms with E-state index in [0.29, 0.717) is 36.3 Å². The summed E-state index contributed by atoms with van der Waals surface area (Å²) in [6.07, 6.45) is 4.76. The van der Waals surface area contributed by atoms with Crippen molar-refractivity contribution in [3.05, 3.63) is 24.5 Å². The van der Waals surface area contributed by atoms with Crippen molar-refractivity contribution in [2.24, 2.45) is 11.3 Å². The van der Waals surface area contributed by atoms with Gasteiger partial charge in [-0.3, -0.25) is 4.90 Å². The Hall–Kier alpha value is -1.66. The zero-order valence-electron chi connectivity index (χ0n) is 13.2. The predicted octanol–water partition coefficient (Wildman–Crippen LogP) is 2.57. The van der Waals surface area contributed by atoms with Gasteiger partial charge in [0.25, 0.3) is 0 Å². The smallest absolute Gasteiger partial charge is 0.241 e. The molecule has 0 bridgehead atoms. The van der Waals surface area contributed by atoms with Crippen molar-refractivity contribution in [3.63, 3.8) is 0 Å². The fourth-order valence-corrected chi connectivity index (χ4v) is 4.33. The molecule has 0 aromatic carbocycles. The van der Waals surface area contributed by atoms with Crippen LogP contribution in [0.25, 0.3) is 11.4 Å². The molecule has 1 saturated carbocycles. The van der Waals surface area contributed by atoms with Gasteiger partial charge in [-0.1, -0.05) is 19.0 Å². The van der Waals surface area contributed by atoms with E-state index in [-0.39, 0.29) is 5.41 Å². The summed E-state index contributed by atoms with van der Waals surface area (Å²) in [5, 5.41) is 4.02. The number of hydrogen-bond donors (Lipinski definition) is 0. The lowest BCUT2D eigenvalue weighted by Gasteiger charge is -2.57. The molecular weight excluding hydrogens is 282 g/mol. The molecule has 118 valence electrons. The summed E-state index contributed by atoms with van der Waals surface area (Å²) in [4.78, 5) is 6.78. The summed E-state index contributed by atoms with van der Waals surface area (Å²) in [6.45, 7) is 6.10. The van der Waals surface area contributed by atoms with Gasteiger partial charge >= 0.3 is 0 Å². The van der Waals surface area contributed by atoms with Crippen LogP contribution in [0.4, 0.5) is 0 Å². The van der Waals surface area contributed by atoms with Gasteiger partial charge in [0.05, 0.1) is 24.5 Å². The molecule has 2 aromatic heterocycles. The minimum atomic E-state index is 0.170. The van der Waals surface area contributed by atoms with Crippen molar-refractivity contribution in [1.82, 2.24) is 15.0 Å². The molecule has 0 radical (unpaired) electrons. The van der Waals surface area contributed by atoms with Crippen LogP contribution < -0.4 is 0 Å². The lowest BCUT2D eigenvalue weighted by Crippen LogP contribution is -2.65. The van der Waals surface area contributed by atoms with Crippen LogP contribution in [0.15, 0.2) is 27.5 Å². The molecule has 0 N–H and O–H groups in total. The third-order valence-corrected chi connectivity index (χ3v) is 5.15. The molecule has 2 aromatic rings. The minimum Gasteiger partial charge on any atom is -0.472 e. The Kier molecular flexibility index (Phi) is 3.13. The maximum atomic E-state index is 5.86. The number of fused-ring (bicyclic) bond motifs is 1. The summed E-state index contributed by atoms with van der Waals surface area (Å²) in [7, 11) is 2.13. The normalized spacial score (nSPS) is 29.5. The van der Waals surface area contributed by atoms with Crippen molar-refractivity contribution < 1.29 is 13.7 Å². The van der Waals surface area contributed by atoms with Crippen LogP contribution in [-0.2, 0) is 11.3 Å². The highest BCUT2D eigenvalue weighted by Crippen LogP contribution is 2.54. The second-order valence-electron chi connectivity index (χ2n) is 6.95. The summed E-state index contributed by atoms with van der Waals surface area (Å²) < 4.78 is 16.3. The van der Waals surface area contributed by atoms with Crippen molar-refractivity contribution in [1.29, 1.82) is 0 Å². The van der Waals surface area contributed by atoms with Gasteiger partial charge in [0.1, 0.15) is 6.26 Å². The van der Waals surface area contributed by atoms with Crippen molar-refractivity contribution >= 4 is 0 Å². The topological polar surface area (TPSA) is 64.5 Å². The lowest BCUT2D eigenvalue weighted by molar-refractivity contribution is -0.152. The maximum Gasteiger partial charge on any atom is 0.241 e. The number of hydrogen-bond acceptors (Lipinski definition) is 6. The zero-order chi connectivity index (χ0) is 15.3. The predicted molar refractivity (Wildman–Crippen MR) is 78.9 cm³/mol. The number of ether oxygens (including phenoxy) is 1. The van der Waals surface area contributed by atoms with Crippen LogP contribution in [-0.4, -0.2) is 40.8 Å². The first-order valence-corrected chi connectivity index (χ1v) is 7.74. The van der Waals surface area contributed by atoms with E-state index in [9.17, 15) is 0 Å². The fourth-order valence-electron chi connectivity index (χ4n) is 4.33. The first-order valence-electron chi connectivity index (χ1n) is 7.74.